The number of nitrogens with zero attached hydrogens (tertiary/aromatic N) is 5. The van der Waals surface area contributed by atoms with Gasteiger partial charge in [0.1, 0.15) is 17.1 Å². The second kappa shape index (κ2) is 8.07. The summed E-state index contributed by atoms with van der Waals surface area (Å²) < 4.78 is 7.04. The van der Waals surface area contributed by atoms with Gasteiger partial charge in [0.05, 0.1) is 52.2 Å². The lowest BCUT2D eigenvalue weighted by atomic mass is 9.75. The highest BCUT2D eigenvalue weighted by Gasteiger charge is 2.74. The van der Waals surface area contributed by atoms with Gasteiger partial charge in [-0.3, -0.25) is 34.0 Å². The van der Waals surface area contributed by atoms with Crippen LogP contribution in [0.2, 0.25) is 0 Å². The average Bonchev–Trinajstić information content (AvgIpc) is 3.70. The fourth-order valence-electron chi connectivity index (χ4n) is 7.82. The zero-order chi connectivity index (χ0) is 28.2. The fourth-order valence-corrected chi connectivity index (χ4v) is 7.82. The number of hydrogen-bond donors (Lipinski definition) is 0. The lowest BCUT2D eigenvalue weighted by molar-refractivity contribution is -0.384. The topological polar surface area (TPSA) is 128 Å². The zero-order valence-corrected chi connectivity index (χ0v) is 21.9. The fraction of sp³-hybridized carbons (Fsp3) is 0.267. The van der Waals surface area contributed by atoms with E-state index in [9.17, 15) is 24.5 Å². The SMILES string of the molecule is COc1cc([N+](=O)[O-])ccc1N1C(=O)[C@H]2[C@H]3CCCN3[C@@]3(c4ccccc4-n4c3nc3ccccc3c4=O)[C@H]2C1=O. The summed E-state index contributed by atoms with van der Waals surface area (Å²) in [6, 6.07) is 18.3. The molecule has 11 nitrogen and oxygen atoms in total. The molecular formula is C30H23N5O6. The molecule has 4 aliphatic rings. The number of imide groups is 1. The van der Waals surface area contributed by atoms with E-state index in [0.29, 0.717) is 35.4 Å². The molecule has 1 spiro atoms. The highest BCUT2D eigenvalue weighted by molar-refractivity contribution is 6.24. The standard InChI is InChI=1S/C30H23N5O6/c1-41-23-15-16(35(39)40)12-13-21(23)33-27(37)24-22-11-6-14-32(22)30(25(24)28(33)38)18-8-3-5-10-20(18)34-26(36)17-7-2-4-9-19(17)31-29(30)34/h2-5,7-10,12-13,15,22,24-25H,6,11,14H2,1H3/t22-,24+,25-,30+/m1/s1. The molecule has 11 heteroatoms. The Morgan fingerprint density at radius 1 is 1.00 bits per heavy atom. The lowest BCUT2D eigenvalue weighted by Crippen LogP contribution is -2.51. The van der Waals surface area contributed by atoms with E-state index in [2.05, 4.69) is 4.90 Å². The van der Waals surface area contributed by atoms with Crippen LogP contribution in [0.15, 0.2) is 71.5 Å². The van der Waals surface area contributed by atoms with Gasteiger partial charge in [-0.15, -0.1) is 0 Å². The number of fused-ring (bicyclic) bond motifs is 11. The predicted molar refractivity (Wildman–Crippen MR) is 147 cm³/mol. The van der Waals surface area contributed by atoms with Crippen molar-refractivity contribution in [2.24, 2.45) is 11.8 Å². The summed E-state index contributed by atoms with van der Waals surface area (Å²) in [4.78, 5) is 62.1. The van der Waals surface area contributed by atoms with E-state index in [-0.39, 0.29) is 34.6 Å². The maximum Gasteiger partial charge on any atom is 0.273 e. The van der Waals surface area contributed by atoms with Gasteiger partial charge < -0.3 is 4.74 Å². The van der Waals surface area contributed by atoms with E-state index in [1.807, 2.05) is 30.3 Å². The average molecular weight is 550 g/mol. The summed E-state index contributed by atoms with van der Waals surface area (Å²) >= 11 is 0. The summed E-state index contributed by atoms with van der Waals surface area (Å²) in [5.74, 6) is -1.85. The summed E-state index contributed by atoms with van der Waals surface area (Å²) in [7, 11) is 1.35. The van der Waals surface area contributed by atoms with Gasteiger partial charge in [-0.05, 0) is 43.7 Å². The first kappa shape index (κ1) is 23.9. The third kappa shape index (κ3) is 2.76. The van der Waals surface area contributed by atoms with E-state index in [4.69, 9.17) is 9.72 Å². The number of benzene rings is 3. The van der Waals surface area contributed by atoms with Crippen molar-refractivity contribution in [3.8, 4) is 11.4 Å². The summed E-state index contributed by atoms with van der Waals surface area (Å²) in [6.07, 6.45) is 1.55. The number of methoxy groups -OCH3 is 1. The van der Waals surface area contributed by atoms with Crippen molar-refractivity contribution >= 4 is 34.1 Å². The minimum Gasteiger partial charge on any atom is -0.494 e. The van der Waals surface area contributed by atoms with Crippen LogP contribution in [0.3, 0.4) is 0 Å². The van der Waals surface area contributed by atoms with Crippen molar-refractivity contribution in [2.75, 3.05) is 18.6 Å². The normalized spacial score (nSPS) is 26.0. The molecule has 3 saturated heterocycles. The Balaban J connectivity index is 1.40. The van der Waals surface area contributed by atoms with Crippen molar-refractivity contribution in [1.82, 2.24) is 14.5 Å². The molecule has 5 heterocycles. The number of hydrogen-bond acceptors (Lipinski definition) is 8. The first-order valence-electron chi connectivity index (χ1n) is 13.5. The van der Waals surface area contributed by atoms with Crippen molar-refractivity contribution in [3.05, 3.63) is 98.6 Å². The molecule has 0 aliphatic carbocycles. The van der Waals surface area contributed by atoms with Crippen molar-refractivity contribution in [1.29, 1.82) is 0 Å². The van der Waals surface area contributed by atoms with E-state index < -0.39 is 28.2 Å². The number of rotatable bonds is 3. The third-order valence-corrected chi connectivity index (χ3v) is 9.26. The van der Waals surface area contributed by atoms with Crippen molar-refractivity contribution in [3.63, 3.8) is 0 Å². The largest absolute Gasteiger partial charge is 0.494 e. The number of nitro groups is 1. The molecular weight excluding hydrogens is 526 g/mol. The Hall–Kier alpha value is -4.90. The Morgan fingerprint density at radius 3 is 2.59 bits per heavy atom. The minimum atomic E-state index is -1.14. The van der Waals surface area contributed by atoms with Crippen LogP contribution in [0.5, 0.6) is 5.75 Å². The quantitative estimate of drug-likeness (QED) is 0.217. The highest BCUT2D eigenvalue weighted by Crippen LogP contribution is 2.62. The van der Waals surface area contributed by atoms with Gasteiger partial charge in [-0.25, -0.2) is 9.88 Å². The minimum absolute atomic E-state index is 0.0609. The molecule has 0 unspecified atom stereocenters. The number of amides is 2. The molecule has 1 aromatic heterocycles. The van der Waals surface area contributed by atoms with Crippen LogP contribution in [-0.4, -0.2) is 50.9 Å². The molecule has 41 heavy (non-hydrogen) atoms. The van der Waals surface area contributed by atoms with Crippen molar-refractivity contribution < 1.29 is 19.2 Å². The van der Waals surface area contributed by atoms with E-state index >= 15 is 0 Å². The number of carbonyl (C=O) groups excluding carboxylic acids is 2. The summed E-state index contributed by atoms with van der Waals surface area (Å²) in [5.41, 5.74) is 0.554. The van der Waals surface area contributed by atoms with E-state index in [0.717, 1.165) is 16.9 Å². The number of para-hydroxylation sites is 2. The molecule has 0 N–H and O–H groups in total. The molecule has 4 aromatic rings. The first-order chi connectivity index (χ1) is 19.9. The Labute approximate surface area is 232 Å². The van der Waals surface area contributed by atoms with Crippen LogP contribution in [0.25, 0.3) is 16.6 Å². The van der Waals surface area contributed by atoms with E-state index in [1.54, 1.807) is 22.8 Å². The second-order valence-electron chi connectivity index (χ2n) is 10.9. The molecule has 3 aromatic carbocycles. The van der Waals surface area contributed by atoms with Gasteiger partial charge >= 0.3 is 0 Å². The number of ether oxygens (including phenoxy) is 1. The Kier molecular flexibility index (Phi) is 4.71. The first-order valence-corrected chi connectivity index (χ1v) is 13.5. The van der Waals surface area contributed by atoms with Gasteiger partial charge in [0.25, 0.3) is 11.2 Å². The molecule has 204 valence electrons. The lowest BCUT2D eigenvalue weighted by Gasteiger charge is -2.38. The molecule has 4 atom stereocenters. The van der Waals surface area contributed by atoms with Crippen LogP contribution in [-0.2, 0) is 15.1 Å². The smallest absolute Gasteiger partial charge is 0.273 e. The number of non-ortho nitro benzene ring substituents is 1. The molecule has 0 bridgehead atoms. The van der Waals surface area contributed by atoms with Gasteiger partial charge in [-0.1, -0.05) is 30.3 Å². The highest BCUT2D eigenvalue weighted by atomic mass is 16.6. The maximum absolute atomic E-state index is 14.6. The van der Waals surface area contributed by atoms with Crippen LogP contribution >= 0.6 is 0 Å². The predicted octanol–water partition coefficient (Wildman–Crippen LogP) is 3.14. The van der Waals surface area contributed by atoms with Crippen LogP contribution < -0.4 is 15.2 Å². The van der Waals surface area contributed by atoms with Gasteiger partial charge in [0.15, 0.2) is 0 Å². The van der Waals surface area contributed by atoms with Crippen LogP contribution in [0.4, 0.5) is 11.4 Å². The number of anilines is 1. The molecule has 2 amide bonds. The molecule has 3 fully saturated rings. The van der Waals surface area contributed by atoms with Gasteiger partial charge in [-0.2, -0.15) is 0 Å². The molecule has 0 saturated carbocycles. The van der Waals surface area contributed by atoms with Crippen LogP contribution in [0.1, 0.15) is 24.2 Å². The number of carbonyl (C=O) groups is 2. The molecule has 4 aliphatic heterocycles. The van der Waals surface area contributed by atoms with Crippen molar-refractivity contribution in [2.45, 2.75) is 24.4 Å². The molecule has 8 rings (SSSR count). The Morgan fingerprint density at radius 2 is 1.78 bits per heavy atom. The summed E-state index contributed by atoms with van der Waals surface area (Å²) in [5, 5.41) is 11.9. The maximum atomic E-state index is 14.6. The zero-order valence-electron chi connectivity index (χ0n) is 21.9. The van der Waals surface area contributed by atoms with Gasteiger partial charge in [0, 0.05) is 17.7 Å². The number of nitro benzene ring substituents is 1. The summed E-state index contributed by atoms with van der Waals surface area (Å²) in [6.45, 7) is 0.649. The molecule has 0 radical (unpaired) electrons. The second-order valence-corrected chi connectivity index (χ2v) is 10.9. The van der Waals surface area contributed by atoms with Crippen LogP contribution in [0, 0.1) is 22.0 Å². The third-order valence-electron chi connectivity index (χ3n) is 9.26. The van der Waals surface area contributed by atoms with Gasteiger partial charge in [0.2, 0.25) is 11.8 Å². The monoisotopic (exact) mass is 549 g/mol. The van der Waals surface area contributed by atoms with E-state index in [1.165, 1.54) is 25.3 Å². The number of aromatic nitrogens is 2. The Bertz CT molecular complexity index is 1920.